The number of nitrogens with zero attached hydrogens (tertiary/aromatic N) is 2. The Hall–Kier alpha value is -2.90. The molecular formula is C24H24ClN3O3S. The number of aryl methyl sites for hydroxylation is 1. The highest BCUT2D eigenvalue weighted by Gasteiger charge is 2.34. The van der Waals surface area contributed by atoms with Crippen LogP contribution in [0.25, 0.3) is 10.4 Å². The first kappa shape index (κ1) is 22.3. The number of nitrogens with one attached hydrogen (secondary N) is 1. The van der Waals surface area contributed by atoms with Crippen molar-refractivity contribution < 1.29 is 14.3 Å². The van der Waals surface area contributed by atoms with Crippen molar-refractivity contribution in [2.24, 2.45) is 0 Å². The lowest BCUT2D eigenvalue weighted by molar-refractivity contribution is -0.125. The largest absolute Gasteiger partial charge is 0.497 e. The Bertz CT molecular complexity index is 1130. The molecule has 1 N–H and O–H groups in total. The first-order valence-corrected chi connectivity index (χ1v) is 11.6. The number of methoxy groups -OCH3 is 1. The van der Waals surface area contributed by atoms with Gasteiger partial charge in [0.05, 0.1) is 23.2 Å². The Labute approximate surface area is 196 Å². The smallest absolute Gasteiger partial charge is 0.254 e. The van der Waals surface area contributed by atoms with Gasteiger partial charge in [-0.2, -0.15) is 0 Å². The van der Waals surface area contributed by atoms with E-state index in [1.165, 1.54) is 7.11 Å². The molecule has 1 saturated heterocycles. The zero-order chi connectivity index (χ0) is 22.7. The zero-order valence-corrected chi connectivity index (χ0v) is 19.5. The normalized spacial score (nSPS) is 15.6. The van der Waals surface area contributed by atoms with Gasteiger partial charge in [-0.25, -0.2) is 4.98 Å². The van der Waals surface area contributed by atoms with Crippen molar-refractivity contribution in [1.29, 1.82) is 0 Å². The number of ether oxygens (including phenoxy) is 1. The third kappa shape index (κ3) is 4.79. The average molecular weight is 470 g/mol. The van der Waals surface area contributed by atoms with Gasteiger partial charge in [0.25, 0.3) is 5.91 Å². The van der Waals surface area contributed by atoms with Crippen LogP contribution < -0.4 is 10.1 Å². The van der Waals surface area contributed by atoms with Gasteiger partial charge in [0.2, 0.25) is 5.91 Å². The maximum atomic E-state index is 13.1. The summed E-state index contributed by atoms with van der Waals surface area (Å²) < 4.78 is 5.21. The van der Waals surface area contributed by atoms with Crippen molar-refractivity contribution in [2.75, 3.05) is 13.7 Å². The highest BCUT2D eigenvalue weighted by Crippen LogP contribution is 2.28. The van der Waals surface area contributed by atoms with Crippen LogP contribution in [-0.4, -0.2) is 41.4 Å². The SMILES string of the molecule is COc1cc(Cl)cc(C(=O)N2CCC[C@H]2C(=O)NCc2ccc(-c3scnc3C)cc2)c1. The first-order chi connectivity index (χ1) is 15.5. The minimum absolute atomic E-state index is 0.146. The summed E-state index contributed by atoms with van der Waals surface area (Å²) in [4.78, 5) is 33.0. The van der Waals surface area contributed by atoms with Crippen molar-refractivity contribution in [1.82, 2.24) is 15.2 Å². The van der Waals surface area contributed by atoms with E-state index in [0.717, 1.165) is 28.1 Å². The van der Waals surface area contributed by atoms with E-state index in [9.17, 15) is 9.59 Å². The minimum Gasteiger partial charge on any atom is -0.497 e. The molecule has 2 aromatic carbocycles. The molecular weight excluding hydrogens is 446 g/mol. The third-order valence-corrected chi connectivity index (χ3v) is 6.79. The summed E-state index contributed by atoms with van der Waals surface area (Å²) in [6, 6.07) is 12.5. The van der Waals surface area contributed by atoms with E-state index in [1.54, 1.807) is 34.4 Å². The quantitative estimate of drug-likeness (QED) is 0.568. The van der Waals surface area contributed by atoms with Crippen LogP contribution in [-0.2, 0) is 11.3 Å². The number of hydrogen-bond donors (Lipinski definition) is 1. The fraction of sp³-hybridized carbons (Fsp3) is 0.292. The Morgan fingerprint density at radius 2 is 2.03 bits per heavy atom. The number of halogens is 1. The van der Waals surface area contributed by atoms with Gasteiger partial charge in [-0.05, 0) is 49.1 Å². The number of carbonyl (C=O) groups excluding carboxylic acids is 2. The second-order valence-electron chi connectivity index (χ2n) is 7.72. The number of likely N-dealkylation sites (tertiary alicyclic amines) is 1. The molecule has 2 heterocycles. The fourth-order valence-corrected chi connectivity index (χ4v) is 4.95. The molecule has 1 aromatic heterocycles. The summed E-state index contributed by atoms with van der Waals surface area (Å²) in [5, 5.41) is 3.40. The van der Waals surface area contributed by atoms with Gasteiger partial charge in [-0.1, -0.05) is 35.9 Å². The molecule has 0 radical (unpaired) electrons. The lowest BCUT2D eigenvalue weighted by Gasteiger charge is -2.24. The predicted molar refractivity (Wildman–Crippen MR) is 126 cm³/mol. The van der Waals surface area contributed by atoms with E-state index < -0.39 is 6.04 Å². The van der Waals surface area contributed by atoms with Crippen molar-refractivity contribution in [2.45, 2.75) is 32.4 Å². The number of aromatic nitrogens is 1. The van der Waals surface area contributed by atoms with Crippen molar-refractivity contribution >= 4 is 34.8 Å². The molecule has 8 heteroatoms. The number of thiazole rings is 1. The maximum absolute atomic E-state index is 13.1. The Morgan fingerprint density at radius 1 is 1.25 bits per heavy atom. The monoisotopic (exact) mass is 469 g/mol. The summed E-state index contributed by atoms with van der Waals surface area (Å²) in [7, 11) is 1.52. The highest BCUT2D eigenvalue weighted by atomic mass is 35.5. The molecule has 166 valence electrons. The molecule has 0 bridgehead atoms. The summed E-state index contributed by atoms with van der Waals surface area (Å²) >= 11 is 7.73. The van der Waals surface area contributed by atoms with Gasteiger partial charge in [-0.15, -0.1) is 11.3 Å². The number of rotatable bonds is 6. The standard InChI is InChI=1S/C24H24ClN3O3S/c1-15-22(32-14-27-15)17-7-5-16(6-8-17)13-26-23(29)21-4-3-9-28(21)24(30)18-10-19(25)12-20(11-18)31-2/h5-8,10-12,14,21H,3-4,9,13H2,1-2H3,(H,26,29)/t21-/m0/s1. The number of carbonyl (C=O) groups is 2. The zero-order valence-electron chi connectivity index (χ0n) is 17.9. The molecule has 3 aromatic rings. The van der Waals surface area contributed by atoms with Crippen LogP contribution in [0.15, 0.2) is 48.0 Å². The Morgan fingerprint density at radius 3 is 2.72 bits per heavy atom. The topological polar surface area (TPSA) is 71.5 Å². The summed E-state index contributed by atoms with van der Waals surface area (Å²) in [6.07, 6.45) is 1.42. The third-order valence-electron chi connectivity index (χ3n) is 5.60. The summed E-state index contributed by atoms with van der Waals surface area (Å²) in [6.45, 7) is 2.94. The molecule has 1 fully saturated rings. The number of hydrogen-bond acceptors (Lipinski definition) is 5. The second-order valence-corrected chi connectivity index (χ2v) is 9.01. The molecule has 1 aliphatic rings. The van der Waals surface area contributed by atoms with Crippen molar-refractivity contribution in [3.05, 3.63) is 69.8 Å². The predicted octanol–water partition coefficient (Wildman–Crippen LogP) is 4.70. The molecule has 4 rings (SSSR count). The van der Waals surface area contributed by atoms with Gasteiger partial charge in [-0.3, -0.25) is 9.59 Å². The first-order valence-electron chi connectivity index (χ1n) is 10.4. The van der Waals surface area contributed by atoms with Crippen LogP contribution in [0.3, 0.4) is 0 Å². The molecule has 6 nitrogen and oxygen atoms in total. The number of amides is 2. The highest BCUT2D eigenvalue weighted by molar-refractivity contribution is 7.13. The lowest BCUT2D eigenvalue weighted by atomic mass is 10.1. The van der Waals surface area contributed by atoms with Crippen molar-refractivity contribution in [3.8, 4) is 16.2 Å². The Kier molecular flexibility index (Phi) is 6.77. The number of benzene rings is 2. The van der Waals surface area contributed by atoms with E-state index in [-0.39, 0.29) is 11.8 Å². The average Bonchev–Trinajstić information content (AvgIpc) is 3.46. The van der Waals surface area contributed by atoms with Crippen LogP contribution >= 0.6 is 22.9 Å². The van der Waals surface area contributed by atoms with E-state index >= 15 is 0 Å². The molecule has 0 unspecified atom stereocenters. The van der Waals surface area contributed by atoms with Crippen LogP contribution in [0.2, 0.25) is 5.02 Å². The van der Waals surface area contributed by atoms with Gasteiger partial charge < -0.3 is 15.0 Å². The lowest BCUT2D eigenvalue weighted by Crippen LogP contribution is -2.45. The van der Waals surface area contributed by atoms with Gasteiger partial charge in [0.1, 0.15) is 11.8 Å². The summed E-state index contributed by atoms with van der Waals surface area (Å²) in [5.74, 6) is 0.151. The van der Waals surface area contributed by atoms with Crippen LogP contribution in [0.5, 0.6) is 5.75 Å². The van der Waals surface area contributed by atoms with Crippen LogP contribution in [0, 0.1) is 6.92 Å². The molecule has 2 amide bonds. The van der Waals surface area contributed by atoms with E-state index in [2.05, 4.69) is 10.3 Å². The second kappa shape index (κ2) is 9.71. The molecule has 0 saturated carbocycles. The van der Waals surface area contributed by atoms with E-state index in [1.807, 2.05) is 36.7 Å². The van der Waals surface area contributed by atoms with Crippen LogP contribution in [0.4, 0.5) is 0 Å². The van der Waals surface area contributed by atoms with E-state index in [0.29, 0.717) is 35.8 Å². The molecule has 1 atom stereocenters. The summed E-state index contributed by atoms with van der Waals surface area (Å²) in [5.41, 5.74) is 5.39. The fourth-order valence-electron chi connectivity index (χ4n) is 3.91. The maximum Gasteiger partial charge on any atom is 0.254 e. The van der Waals surface area contributed by atoms with E-state index in [4.69, 9.17) is 16.3 Å². The minimum atomic E-state index is -0.494. The molecule has 32 heavy (non-hydrogen) atoms. The van der Waals surface area contributed by atoms with Gasteiger partial charge >= 0.3 is 0 Å². The van der Waals surface area contributed by atoms with Crippen molar-refractivity contribution in [3.63, 3.8) is 0 Å². The Balaban J connectivity index is 1.40. The van der Waals surface area contributed by atoms with Gasteiger partial charge in [0, 0.05) is 23.7 Å². The molecule has 1 aliphatic heterocycles. The van der Waals surface area contributed by atoms with Gasteiger partial charge in [0.15, 0.2) is 0 Å². The molecule has 0 spiro atoms. The molecule has 0 aliphatic carbocycles. The van der Waals surface area contributed by atoms with Crippen LogP contribution in [0.1, 0.15) is 34.5 Å².